The SMILES string of the molecule is O=C(O)C1CCN(C(=O)c2coc(-c3c(F)cccc3F)n2)C1. The number of hydrogen-bond donors (Lipinski definition) is 1. The Bertz CT molecular complexity index is 754. The summed E-state index contributed by atoms with van der Waals surface area (Å²) in [5, 5.41) is 8.94. The number of carboxylic acid groups (broad SMARTS) is 1. The van der Waals surface area contributed by atoms with Gasteiger partial charge in [-0.15, -0.1) is 0 Å². The van der Waals surface area contributed by atoms with Crippen molar-refractivity contribution in [1.29, 1.82) is 0 Å². The zero-order chi connectivity index (χ0) is 16.6. The third-order valence-corrected chi connectivity index (χ3v) is 3.72. The summed E-state index contributed by atoms with van der Waals surface area (Å²) >= 11 is 0. The number of carboxylic acids is 1. The van der Waals surface area contributed by atoms with Crippen LogP contribution in [0.1, 0.15) is 16.9 Å². The zero-order valence-electron chi connectivity index (χ0n) is 11.8. The normalized spacial score (nSPS) is 17.5. The van der Waals surface area contributed by atoms with Crippen LogP contribution in [-0.2, 0) is 4.79 Å². The number of carbonyl (C=O) groups excluding carboxylic acids is 1. The first kappa shape index (κ1) is 15.1. The lowest BCUT2D eigenvalue weighted by Gasteiger charge is -2.13. The lowest BCUT2D eigenvalue weighted by atomic mass is 10.1. The number of aromatic nitrogens is 1. The molecule has 6 nitrogen and oxygen atoms in total. The van der Waals surface area contributed by atoms with Crippen molar-refractivity contribution in [1.82, 2.24) is 9.88 Å². The average Bonchev–Trinajstić information content (AvgIpc) is 3.16. The highest BCUT2D eigenvalue weighted by molar-refractivity contribution is 5.93. The van der Waals surface area contributed by atoms with Gasteiger partial charge in [-0.25, -0.2) is 13.8 Å². The molecule has 1 aliphatic rings. The molecule has 0 bridgehead atoms. The van der Waals surface area contributed by atoms with Crippen molar-refractivity contribution in [3.63, 3.8) is 0 Å². The first-order valence-electron chi connectivity index (χ1n) is 6.89. The number of oxazole rings is 1. The molecular formula is C15H12F2N2O4. The number of likely N-dealkylation sites (tertiary alicyclic amines) is 1. The standard InChI is InChI=1S/C15H12F2N2O4/c16-9-2-1-3-10(17)12(9)13-18-11(7-23-13)14(20)19-5-4-8(6-19)15(21)22/h1-3,7-8H,4-6H2,(H,21,22). The fourth-order valence-electron chi connectivity index (χ4n) is 2.50. The second-order valence-corrected chi connectivity index (χ2v) is 5.21. The number of rotatable bonds is 3. The molecule has 2 heterocycles. The second kappa shape index (κ2) is 5.79. The number of benzene rings is 1. The number of carbonyl (C=O) groups is 2. The van der Waals surface area contributed by atoms with E-state index in [0.29, 0.717) is 6.42 Å². The third-order valence-electron chi connectivity index (χ3n) is 3.72. The van der Waals surface area contributed by atoms with Crippen LogP contribution in [0, 0.1) is 17.6 Å². The molecule has 8 heteroatoms. The van der Waals surface area contributed by atoms with Gasteiger partial charge in [0.15, 0.2) is 5.69 Å². The smallest absolute Gasteiger partial charge is 0.308 e. The predicted octanol–water partition coefficient (Wildman–Crippen LogP) is 2.17. The Morgan fingerprint density at radius 2 is 2.00 bits per heavy atom. The van der Waals surface area contributed by atoms with Crippen LogP contribution in [0.25, 0.3) is 11.5 Å². The summed E-state index contributed by atoms with van der Waals surface area (Å²) in [6.45, 7) is 0.358. The Balaban J connectivity index is 1.82. The van der Waals surface area contributed by atoms with Gasteiger partial charge in [0.1, 0.15) is 23.5 Å². The quantitative estimate of drug-likeness (QED) is 0.936. The molecule has 1 saturated heterocycles. The molecule has 1 aromatic heterocycles. The van der Waals surface area contributed by atoms with Crippen LogP contribution in [0.2, 0.25) is 0 Å². The van der Waals surface area contributed by atoms with Gasteiger partial charge in [-0.1, -0.05) is 6.07 Å². The van der Waals surface area contributed by atoms with Crippen molar-refractivity contribution in [3.05, 3.63) is 41.8 Å². The highest BCUT2D eigenvalue weighted by Gasteiger charge is 2.32. The minimum Gasteiger partial charge on any atom is -0.481 e. The van der Waals surface area contributed by atoms with Gasteiger partial charge in [-0.05, 0) is 18.6 Å². The zero-order valence-corrected chi connectivity index (χ0v) is 11.8. The number of amides is 1. The van der Waals surface area contributed by atoms with E-state index in [-0.39, 0.29) is 24.7 Å². The molecule has 3 rings (SSSR count). The van der Waals surface area contributed by atoms with Gasteiger partial charge in [0, 0.05) is 13.1 Å². The fourth-order valence-corrected chi connectivity index (χ4v) is 2.50. The van der Waals surface area contributed by atoms with Crippen LogP contribution in [0.15, 0.2) is 28.9 Å². The summed E-state index contributed by atoms with van der Waals surface area (Å²) in [4.78, 5) is 28.3. The molecule has 1 aromatic carbocycles. The number of hydrogen-bond acceptors (Lipinski definition) is 4. The Labute approximate surface area is 129 Å². The van der Waals surface area contributed by atoms with Gasteiger partial charge in [-0.2, -0.15) is 0 Å². The molecule has 1 N–H and O–H groups in total. The maximum Gasteiger partial charge on any atom is 0.308 e. The van der Waals surface area contributed by atoms with E-state index in [4.69, 9.17) is 9.52 Å². The molecule has 120 valence electrons. The molecule has 1 atom stereocenters. The van der Waals surface area contributed by atoms with Gasteiger partial charge < -0.3 is 14.4 Å². The van der Waals surface area contributed by atoms with Crippen molar-refractivity contribution in [2.45, 2.75) is 6.42 Å². The molecule has 0 aliphatic carbocycles. The lowest BCUT2D eigenvalue weighted by Crippen LogP contribution is -2.30. The second-order valence-electron chi connectivity index (χ2n) is 5.21. The van der Waals surface area contributed by atoms with Crippen molar-refractivity contribution >= 4 is 11.9 Å². The summed E-state index contributed by atoms with van der Waals surface area (Å²) in [6, 6.07) is 3.32. The summed E-state index contributed by atoms with van der Waals surface area (Å²) in [5.74, 6) is -4.14. The molecule has 1 fully saturated rings. The van der Waals surface area contributed by atoms with Crippen molar-refractivity contribution < 1.29 is 27.9 Å². The van der Waals surface area contributed by atoms with Crippen molar-refractivity contribution in [3.8, 4) is 11.5 Å². The van der Waals surface area contributed by atoms with E-state index in [0.717, 1.165) is 18.4 Å². The predicted molar refractivity (Wildman–Crippen MR) is 73.5 cm³/mol. The van der Waals surface area contributed by atoms with Crippen LogP contribution in [-0.4, -0.2) is 40.0 Å². The van der Waals surface area contributed by atoms with Gasteiger partial charge in [0.05, 0.1) is 5.92 Å². The van der Waals surface area contributed by atoms with Gasteiger partial charge in [-0.3, -0.25) is 9.59 Å². The minimum absolute atomic E-state index is 0.0738. The van der Waals surface area contributed by atoms with E-state index in [1.165, 1.54) is 11.0 Å². The third kappa shape index (κ3) is 2.79. The molecule has 1 aliphatic heterocycles. The maximum atomic E-state index is 13.7. The van der Waals surface area contributed by atoms with E-state index >= 15 is 0 Å². The van der Waals surface area contributed by atoms with E-state index in [9.17, 15) is 18.4 Å². The summed E-state index contributed by atoms with van der Waals surface area (Å²) in [7, 11) is 0. The van der Waals surface area contributed by atoms with E-state index in [1.54, 1.807) is 0 Å². The number of halogens is 2. The topological polar surface area (TPSA) is 83.6 Å². The van der Waals surface area contributed by atoms with Crippen molar-refractivity contribution in [2.24, 2.45) is 5.92 Å². The van der Waals surface area contributed by atoms with Crippen LogP contribution in [0.4, 0.5) is 8.78 Å². The summed E-state index contributed by atoms with van der Waals surface area (Å²) in [5.41, 5.74) is -0.565. The van der Waals surface area contributed by atoms with Crippen LogP contribution in [0.5, 0.6) is 0 Å². The van der Waals surface area contributed by atoms with Crippen LogP contribution >= 0.6 is 0 Å². The lowest BCUT2D eigenvalue weighted by molar-refractivity contribution is -0.141. The monoisotopic (exact) mass is 322 g/mol. The average molecular weight is 322 g/mol. The molecule has 0 radical (unpaired) electrons. The number of nitrogens with zero attached hydrogens (tertiary/aromatic N) is 2. The summed E-state index contributed by atoms with van der Waals surface area (Å²) in [6.07, 6.45) is 1.37. The Hall–Kier alpha value is -2.77. The largest absolute Gasteiger partial charge is 0.481 e. The highest BCUT2D eigenvalue weighted by atomic mass is 19.1. The molecule has 0 spiro atoms. The van der Waals surface area contributed by atoms with E-state index < -0.39 is 35.0 Å². The Morgan fingerprint density at radius 1 is 1.30 bits per heavy atom. The van der Waals surface area contributed by atoms with Gasteiger partial charge >= 0.3 is 5.97 Å². The van der Waals surface area contributed by atoms with Gasteiger partial charge in [0.2, 0.25) is 5.89 Å². The summed E-state index contributed by atoms with van der Waals surface area (Å²) < 4.78 is 32.4. The minimum atomic E-state index is -0.963. The number of aliphatic carboxylic acids is 1. The molecule has 1 unspecified atom stereocenters. The maximum absolute atomic E-state index is 13.7. The molecule has 1 amide bonds. The highest BCUT2D eigenvalue weighted by Crippen LogP contribution is 2.26. The fraction of sp³-hybridized carbons (Fsp3) is 0.267. The van der Waals surface area contributed by atoms with Crippen molar-refractivity contribution in [2.75, 3.05) is 13.1 Å². The molecular weight excluding hydrogens is 310 g/mol. The molecule has 2 aromatic rings. The first-order valence-corrected chi connectivity index (χ1v) is 6.89. The van der Waals surface area contributed by atoms with Gasteiger partial charge in [0.25, 0.3) is 5.91 Å². The first-order chi connectivity index (χ1) is 11.0. The molecule has 0 saturated carbocycles. The van der Waals surface area contributed by atoms with E-state index in [1.807, 2.05) is 0 Å². The van der Waals surface area contributed by atoms with Crippen LogP contribution < -0.4 is 0 Å². The Kier molecular flexibility index (Phi) is 3.81. The molecule has 23 heavy (non-hydrogen) atoms. The van der Waals surface area contributed by atoms with E-state index in [2.05, 4.69) is 4.98 Å². The van der Waals surface area contributed by atoms with Crippen LogP contribution in [0.3, 0.4) is 0 Å². The Morgan fingerprint density at radius 3 is 2.61 bits per heavy atom.